The lowest BCUT2D eigenvalue weighted by Crippen LogP contribution is -2.50. The largest absolute Gasteiger partial charge is 0.394 e. The summed E-state index contributed by atoms with van der Waals surface area (Å²) in [7, 11) is 0. The monoisotopic (exact) mass is 494 g/mol. The molecule has 1 aliphatic heterocycles. The lowest BCUT2D eigenvalue weighted by molar-refractivity contribution is 0.0477. The molecule has 2 aromatic heterocycles. The van der Waals surface area contributed by atoms with E-state index in [0.717, 1.165) is 21.8 Å². The maximum Gasteiger partial charge on any atom is 0.254 e. The average molecular weight is 495 g/mol. The van der Waals surface area contributed by atoms with Crippen LogP contribution in [0.15, 0.2) is 66.4 Å². The van der Waals surface area contributed by atoms with Gasteiger partial charge < -0.3 is 10.0 Å². The molecule has 0 radical (unpaired) electrons. The molecule has 1 N–H and O–H groups in total. The Hall–Kier alpha value is -3.11. The minimum absolute atomic E-state index is 0.0129. The molecule has 3 heterocycles. The van der Waals surface area contributed by atoms with Gasteiger partial charge in [0.05, 0.1) is 34.9 Å². The lowest BCUT2D eigenvalue weighted by atomic mass is 10.0. The Morgan fingerprint density at radius 2 is 1.91 bits per heavy atom. The second kappa shape index (κ2) is 10.0. The number of aliphatic hydroxyl groups is 1. The molecule has 1 atom stereocenters. The number of halogens is 1. The van der Waals surface area contributed by atoms with E-state index in [9.17, 15) is 9.90 Å². The highest BCUT2D eigenvalue weighted by Crippen LogP contribution is 2.25. The summed E-state index contributed by atoms with van der Waals surface area (Å²) in [6, 6.07) is 14.9. The molecular weight excluding hydrogens is 472 g/mol. The molecule has 0 bridgehead atoms. The molecule has 0 aliphatic carbocycles. The number of hydrogen-bond acceptors (Lipinski definition) is 7. The Morgan fingerprint density at radius 1 is 1.12 bits per heavy atom. The van der Waals surface area contributed by atoms with Crippen LogP contribution in [0.4, 0.5) is 0 Å². The van der Waals surface area contributed by atoms with Crippen LogP contribution in [0.5, 0.6) is 0 Å². The normalized spacial score (nSPS) is 15.4. The van der Waals surface area contributed by atoms with Gasteiger partial charge in [0, 0.05) is 43.0 Å². The van der Waals surface area contributed by atoms with Gasteiger partial charge in [-0.05, 0) is 35.9 Å². The van der Waals surface area contributed by atoms with Crippen molar-refractivity contribution in [1.82, 2.24) is 29.8 Å². The topological polar surface area (TPSA) is 87.4 Å². The van der Waals surface area contributed by atoms with E-state index in [2.05, 4.69) is 20.2 Å². The van der Waals surface area contributed by atoms with Gasteiger partial charge in [-0.1, -0.05) is 35.0 Å². The van der Waals surface area contributed by atoms with Crippen LogP contribution < -0.4 is 0 Å². The highest BCUT2D eigenvalue weighted by molar-refractivity contribution is 7.13. The van der Waals surface area contributed by atoms with Gasteiger partial charge in [0.2, 0.25) is 0 Å². The number of carbonyl (C=O) groups excluding carboxylic acids is 1. The molecule has 34 heavy (non-hydrogen) atoms. The Kier molecular flexibility index (Phi) is 6.68. The SMILES string of the molecule is O=C(c1cccc(-n2cc(-c3cncs3)nn2)c1)N1CCN(C(CO)c2ccc(Cl)cc2)CC1. The van der Waals surface area contributed by atoms with Crippen LogP contribution in [-0.4, -0.2) is 73.6 Å². The summed E-state index contributed by atoms with van der Waals surface area (Å²) in [5, 5.41) is 19.1. The number of carbonyl (C=O) groups is 1. The summed E-state index contributed by atoms with van der Waals surface area (Å²) in [4.78, 5) is 22.3. The molecule has 4 aromatic rings. The molecular formula is C24H23ClN6O2S. The molecule has 0 saturated carbocycles. The number of amides is 1. The van der Waals surface area contributed by atoms with Gasteiger partial charge in [-0.25, -0.2) is 4.68 Å². The number of piperazine rings is 1. The van der Waals surface area contributed by atoms with Gasteiger partial charge in [0.15, 0.2) is 0 Å². The van der Waals surface area contributed by atoms with Crippen LogP contribution in [0.25, 0.3) is 16.3 Å². The van der Waals surface area contributed by atoms with Crippen molar-refractivity contribution in [3.63, 3.8) is 0 Å². The number of hydrogen-bond donors (Lipinski definition) is 1. The van der Waals surface area contributed by atoms with Crippen LogP contribution >= 0.6 is 22.9 Å². The Morgan fingerprint density at radius 3 is 2.62 bits per heavy atom. The molecule has 8 nitrogen and oxygen atoms in total. The van der Waals surface area contributed by atoms with Gasteiger partial charge in [0.1, 0.15) is 5.69 Å². The smallest absolute Gasteiger partial charge is 0.254 e. The zero-order valence-electron chi connectivity index (χ0n) is 18.3. The molecule has 1 fully saturated rings. The molecule has 1 aliphatic rings. The molecule has 1 amide bonds. The summed E-state index contributed by atoms with van der Waals surface area (Å²) < 4.78 is 1.67. The molecule has 1 saturated heterocycles. The number of benzene rings is 2. The third kappa shape index (κ3) is 4.74. The van der Waals surface area contributed by atoms with Crippen molar-refractivity contribution in [2.45, 2.75) is 6.04 Å². The first-order chi connectivity index (χ1) is 16.6. The highest BCUT2D eigenvalue weighted by atomic mass is 35.5. The number of aromatic nitrogens is 4. The van der Waals surface area contributed by atoms with E-state index < -0.39 is 0 Å². The van der Waals surface area contributed by atoms with Crippen LogP contribution in [0.2, 0.25) is 5.02 Å². The van der Waals surface area contributed by atoms with E-state index >= 15 is 0 Å². The van der Waals surface area contributed by atoms with Gasteiger partial charge in [-0.15, -0.1) is 16.4 Å². The summed E-state index contributed by atoms with van der Waals surface area (Å²) in [5.74, 6) is -0.0173. The first kappa shape index (κ1) is 22.7. The van der Waals surface area contributed by atoms with Crippen molar-refractivity contribution in [3.8, 4) is 16.3 Å². The first-order valence-corrected chi connectivity index (χ1v) is 12.2. The highest BCUT2D eigenvalue weighted by Gasteiger charge is 2.27. The van der Waals surface area contributed by atoms with Crippen molar-refractivity contribution in [3.05, 3.63) is 82.6 Å². The van der Waals surface area contributed by atoms with E-state index in [1.54, 1.807) is 16.4 Å². The Labute approximate surface area is 206 Å². The molecule has 2 aromatic carbocycles. The first-order valence-electron chi connectivity index (χ1n) is 10.9. The molecule has 1 unspecified atom stereocenters. The minimum atomic E-state index is -0.113. The third-order valence-electron chi connectivity index (χ3n) is 6.01. The summed E-state index contributed by atoms with van der Waals surface area (Å²) in [5.41, 5.74) is 4.90. The zero-order chi connectivity index (χ0) is 23.5. The standard InChI is InChI=1S/C24H23ClN6O2S/c25-19-6-4-17(5-7-19)22(15-32)29-8-10-30(11-9-29)24(33)18-2-1-3-20(12-18)31-14-21(27-28-31)23-13-26-16-34-23/h1-7,12-14,16,22,32H,8-11,15H2. The fourth-order valence-corrected chi connectivity index (χ4v) is 4.86. The van der Waals surface area contributed by atoms with E-state index in [1.165, 1.54) is 11.3 Å². The predicted molar refractivity (Wildman–Crippen MR) is 131 cm³/mol. The second-order valence-electron chi connectivity index (χ2n) is 8.04. The molecule has 174 valence electrons. The number of nitrogens with zero attached hydrogens (tertiary/aromatic N) is 6. The molecule has 10 heteroatoms. The maximum absolute atomic E-state index is 13.2. The fraction of sp³-hybridized carbons (Fsp3) is 0.250. The van der Waals surface area contributed by atoms with Gasteiger partial charge in [-0.3, -0.25) is 14.7 Å². The van der Waals surface area contributed by atoms with Gasteiger partial charge in [-0.2, -0.15) is 0 Å². The summed E-state index contributed by atoms with van der Waals surface area (Å²) in [6.07, 6.45) is 3.59. The zero-order valence-corrected chi connectivity index (χ0v) is 19.9. The average Bonchev–Trinajstić information content (AvgIpc) is 3.58. The molecule has 5 rings (SSSR count). The van der Waals surface area contributed by atoms with Gasteiger partial charge >= 0.3 is 0 Å². The minimum Gasteiger partial charge on any atom is -0.394 e. The van der Waals surface area contributed by atoms with Crippen LogP contribution in [0, 0.1) is 0 Å². The molecule has 0 spiro atoms. The number of rotatable bonds is 6. The van der Waals surface area contributed by atoms with Crippen LogP contribution in [-0.2, 0) is 0 Å². The van der Waals surface area contributed by atoms with Gasteiger partial charge in [0.25, 0.3) is 5.91 Å². The van der Waals surface area contributed by atoms with Crippen molar-refractivity contribution >= 4 is 28.8 Å². The fourth-order valence-electron chi connectivity index (χ4n) is 4.16. The Balaban J connectivity index is 1.26. The van der Waals surface area contributed by atoms with Crippen molar-refractivity contribution in [2.75, 3.05) is 32.8 Å². The van der Waals surface area contributed by atoms with E-state index in [0.29, 0.717) is 36.8 Å². The van der Waals surface area contributed by atoms with E-state index in [4.69, 9.17) is 11.6 Å². The number of aliphatic hydroxyl groups excluding tert-OH is 1. The summed E-state index contributed by atoms with van der Waals surface area (Å²) in [6.45, 7) is 2.55. The summed E-state index contributed by atoms with van der Waals surface area (Å²) >= 11 is 7.50. The van der Waals surface area contributed by atoms with Crippen molar-refractivity contribution in [2.24, 2.45) is 0 Å². The van der Waals surface area contributed by atoms with Crippen LogP contribution in [0.1, 0.15) is 22.0 Å². The maximum atomic E-state index is 13.2. The quantitative estimate of drug-likeness (QED) is 0.441. The van der Waals surface area contributed by atoms with E-state index in [1.807, 2.05) is 59.6 Å². The van der Waals surface area contributed by atoms with E-state index in [-0.39, 0.29) is 18.6 Å². The second-order valence-corrected chi connectivity index (χ2v) is 9.37. The predicted octanol–water partition coefficient (Wildman–Crippen LogP) is 3.54. The van der Waals surface area contributed by atoms with Crippen LogP contribution in [0.3, 0.4) is 0 Å². The number of thiazole rings is 1. The Bertz CT molecular complexity index is 1250. The third-order valence-corrected chi connectivity index (χ3v) is 7.05. The van der Waals surface area contributed by atoms with Crippen molar-refractivity contribution in [1.29, 1.82) is 0 Å². The van der Waals surface area contributed by atoms with Crippen molar-refractivity contribution < 1.29 is 9.90 Å². The lowest BCUT2D eigenvalue weighted by Gasteiger charge is -2.39.